The number of aryl methyl sites for hydroxylation is 1. The quantitative estimate of drug-likeness (QED) is 0.944. The average Bonchev–Trinajstić information content (AvgIpc) is 2.38. The fourth-order valence-electron chi connectivity index (χ4n) is 1.90. The molecule has 1 aromatic carbocycles. The molecule has 0 aliphatic heterocycles. The number of carboxylic acid groups (broad SMARTS) is 1. The standard InChI is InChI=1S/C14H12ClNO4/c1-8-5-6-16(13(17)12(8)14(18)19)9-3-4-11(20-2)10(15)7-9/h3-7H,1-2H3,(H,18,19). The summed E-state index contributed by atoms with van der Waals surface area (Å²) in [4.78, 5) is 23.3. The molecule has 1 N–H and O–H groups in total. The van der Waals surface area contributed by atoms with Crippen molar-refractivity contribution >= 4 is 17.6 Å². The lowest BCUT2D eigenvalue weighted by Gasteiger charge is -2.10. The minimum absolute atomic E-state index is 0.251. The third-order valence-corrected chi connectivity index (χ3v) is 3.22. The number of hydrogen-bond donors (Lipinski definition) is 1. The van der Waals surface area contributed by atoms with Crippen LogP contribution in [0.2, 0.25) is 5.02 Å². The zero-order valence-electron chi connectivity index (χ0n) is 10.9. The van der Waals surface area contributed by atoms with Gasteiger partial charge in [-0.15, -0.1) is 0 Å². The number of carbonyl (C=O) groups is 1. The Labute approximate surface area is 120 Å². The lowest BCUT2D eigenvalue weighted by molar-refractivity contribution is 0.0694. The van der Waals surface area contributed by atoms with Gasteiger partial charge in [-0.25, -0.2) is 4.79 Å². The SMILES string of the molecule is COc1ccc(-n2ccc(C)c(C(=O)O)c2=O)cc1Cl. The van der Waals surface area contributed by atoms with Gasteiger partial charge in [-0.05, 0) is 36.8 Å². The van der Waals surface area contributed by atoms with E-state index in [-0.39, 0.29) is 5.56 Å². The van der Waals surface area contributed by atoms with Crippen molar-refractivity contribution in [1.29, 1.82) is 0 Å². The second-order valence-corrected chi connectivity index (χ2v) is 4.58. The highest BCUT2D eigenvalue weighted by atomic mass is 35.5. The molecule has 0 atom stereocenters. The van der Waals surface area contributed by atoms with Gasteiger partial charge in [0.15, 0.2) is 0 Å². The Morgan fingerprint density at radius 3 is 2.60 bits per heavy atom. The van der Waals surface area contributed by atoms with Gasteiger partial charge in [-0.2, -0.15) is 0 Å². The van der Waals surface area contributed by atoms with Gasteiger partial charge in [0.25, 0.3) is 5.56 Å². The fourth-order valence-corrected chi connectivity index (χ4v) is 2.15. The van der Waals surface area contributed by atoms with Crippen molar-refractivity contribution in [2.45, 2.75) is 6.92 Å². The summed E-state index contributed by atoms with van der Waals surface area (Å²) >= 11 is 6.01. The second-order valence-electron chi connectivity index (χ2n) is 4.17. The number of ether oxygens (including phenoxy) is 1. The Bertz CT molecular complexity index is 736. The molecule has 1 aromatic heterocycles. The summed E-state index contributed by atoms with van der Waals surface area (Å²) in [5.74, 6) is -0.768. The minimum atomic E-state index is -1.25. The zero-order valence-corrected chi connectivity index (χ0v) is 11.6. The lowest BCUT2D eigenvalue weighted by atomic mass is 10.1. The van der Waals surface area contributed by atoms with E-state index in [0.717, 1.165) is 0 Å². The van der Waals surface area contributed by atoms with E-state index in [2.05, 4.69) is 0 Å². The van der Waals surface area contributed by atoms with E-state index in [1.165, 1.54) is 17.9 Å². The molecular weight excluding hydrogens is 282 g/mol. The summed E-state index contributed by atoms with van der Waals surface area (Å²) in [6.07, 6.45) is 1.52. The molecule has 2 rings (SSSR count). The highest BCUT2D eigenvalue weighted by molar-refractivity contribution is 6.32. The number of aromatic nitrogens is 1. The number of carboxylic acids is 1. The predicted molar refractivity (Wildman–Crippen MR) is 75.3 cm³/mol. The third kappa shape index (κ3) is 2.40. The molecule has 0 aliphatic rings. The first kappa shape index (κ1) is 14.1. The monoisotopic (exact) mass is 293 g/mol. The molecule has 0 fully saturated rings. The molecule has 0 spiro atoms. The van der Waals surface area contributed by atoms with E-state index >= 15 is 0 Å². The van der Waals surface area contributed by atoms with Gasteiger partial charge in [0.1, 0.15) is 11.3 Å². The van der Waals surface area contributed by atoms with Crippen LogP contribution in [0, 0.1) is 6.92 Å². The summed E-state index contributed by atoms with van der Waals surface area (Å²) in [5.41, 5.74) is 0.0415. The number of hydrogen-bond acceptors (Lipinski definition) is 3. The van der Waals surface area contributed by atoms with E-state index in [1.54, 1.807) is 31.2 Å². The molecule has 20 heavy (non-hydrogen) atoms. The molecule has 0 radical (unpaired) electrons. The second kappa shape index (κ2) is 5.38. The Hall–Kier alpha value is -2.27. The van der Waals surface area contributed by atoms with Crippen LogP contribution in [0.5, 0.6) is 5.75 Å². The Balaban J connectivity index is 2.65. The topological polar surface area (TPSA) is 68.5 Å². The van der Waals surface area contributed by atoms with Crippen LogP contribution >= 0.6 is 11.6 Å². The maximum Gasteiger partial charge on any atom is 0.341 e. The van der Waals surface area contributed by atoms with Gasteiger partial charge in [0.2, 0.25) is 0 Å². The molecule has 2 aromatic rings. The van der Waals surface area contributed by atoms with Crippen LogP contribution in [0.4, 0.5) is 0 Å². The molecule has 5 nitrogen and oxygen atoms in total. The molecule has 104 valence electrons. The molecular formula is C14H12ClNO4. The van der Waals surface area contributed by atoms with Crippen LogP contribution in [0.1, 0.15) is 15.9 Å². The van der Waals surface area contributed by atoms with Crippen LogP contribution in [0.3, 0.4) is 0 Å². The van der Waals surface area contributed by atoms with Crippen molar-refractivity contribution < 1.29 is 14.6 Å². The van der Waals surface area contributed by atoms with Crippen LogP contribution in [-0.2, 0) is 0 Å². The average molecular weight is 294 g/mol. The van der Waals surface area contributed by atoms with Gasteiger partial charge in [-0.1, -0.05) is 11.6 Å². The van der Waals surface area contributed by atoms with Crippen LogP contribution in [0.25, 0.3) is 5.69 Å². The van der Waals surface area contributed by atoms with Crippen molar-refractivity contribution in [3.8, 4) is 11.4 Å². The number of benzene rings is 1. The molecule has 0 aliphatic carbocycles. The predicted octanol–water partition coefficient (Wildman–Crippen LogP) is 2.51. The fraction of sp³-hybridized carbons (Fsp3) is 0.143. The lowest BCUT2D eigenvalue weighted by Crippen LogP contribution is -2.26. The molecule has 0 saturated carbocycles. The summed E-state index contributed by atoms with van der Waals surface area (Å²) < 4.78 is 6.27. The van der Waals surface area contributed by atoms with Gasteiger partial charge in [0.05, 0.1) is 17.8 Å². The number of methoxy groups -OCH3 is 1. The van der Waals surface area contributed by atoms with E-state index in [0.29, 0.717) is 22.0 Å². The summed E-state index contributed by atoms with van der Waals surface area (Å²) in [6.45, 7) is 1.58. The van der Waals surface area contributed by atoms with Gasteiger partial charge >= 0.3 is 5.97 Å². The van der Waals surface area contributed by atoms with Gasteiger partial charge in [0, 0.05) is 6.20 Å². The Morgan fingerprint density at radius 1 is 1.35 bits per heavy atom. The van der Waals surface area contributed by atoms with E-state index in [9.17, 15) is 9.59 Å². The smallest absolute Gasteiger partial charge is 0.341 e. The largest absolute Gasteiger partial charge is 0.495 e. The van der Waals surface area contributed by atoms with Crippen molar-refractivity contribution in [2.24, 2.45) is 0 Å². The van der Waals surface area contributed by atoms with Gasteiger partial charge in [-0.3, -0.25) is 9.36 Å². The first-order chi connectivity index (χ1) is 9.45. The minimum Gasteiger partial charge on any atom is -0.495 e. The number of nitrogens with zero attached hydrogens (tertiary/aromatic N) is 1. The normalized spacial score (nSPS) is 10.3. The highest BCUT2D eigenvalue weighted by Gasteiger charge is 2.15. The van der Waals surface area contributed by atoms with Crippen LogP contribution in [-0.4, -0.2) is 22.8 Å². The first-order valence-corrected chi connectivity index (χ1v) is 6.13. The number of pyridine rings is 1. The van der Waals surface area contributed by atoms with E-state index in [1.807, 2.05) is 0 Å². The summed E-state index contributed by atoms with van der Waals surface area (Å²) in [6, 6.07) is 6.36. The third-order valence-electron chi connectivity index (χ3n) is 2.93. The van der Waals surface area contributed by atoms with Crippen molar-refractivity contribution in [3.05, 3.63) is 57.0 Å². The highest BCUT2D eigenvalue weighted by Crippen LogP contribution is 2.26. The molecule has 0 saturated heterocycles. The molecule has 0 amide bonds. The van der Waals surface area contributed by atoms with Crippen molar-refractivity contribution in [3.63, 3.8) is 0 Å². The number of rotatable bonds is 3. The number of halogens is 1. The summed E-state index contributed by atoms with van der Waals surface area (Å²) in [5, 5.41) is 9.44. The van der Waals surface area contributed by atoms with Gasteiger partial charge < -0.3 is 9.84 Å². The maximum absolute atomic E-state index is 12.2. The van der Waals surface area contributed by atoms with E-state index in [4.69, 9.17) is 21.4 Å². The molecule has 6 heteroatoms. The molecule has 0 bridgehead atoms. The van der Waals surface area contributed by atoms with E-state index < -0.39 is 11.5 Å². The summed E-state index contributed by atoms with van der Waals surface area (Å²) in [7, 11) is 1.49. The van der Waals surface area contributed by atoms with Crippen LogP contribution in [0.15, 0.2) is 35.3 Å². The van der Waals surface area contributed by atoms with Crippen LogP contribution < -0.4 is 10.3 Å². The van der Waals surface area contributed by atoms with Crippen molar-refractivity contribution in [2.75, 3.05) is 7.11 Å². The number of aromatic carboxylic acids is 1. The zero-order chi connectivity index (χ0) is 14.9. The molecule has 1 heterocycles. The maximum atomic E-state index is 12.2. The Morgan fingerprint density at radius 2 is 2.05 bits per heavy atom. The first-order valence-electron chi connectivity index (χ1n) is 5.75. The van der Waals surface area contributed by atoms with Crippen molar-refractivity contribution in [1.82, 2.24) is 4.57 Å². The molecule has 0 unspecified atom stereocenters. The Kier molecular flexibility index (Phi) is 3.81.